The number of anilines is 2. The van der Waals surface area contributed by atoms with Crippen molar-refractivity contribution in [2.75, 3.05) is 25.0 Å². The molecule has 0 atom stereocenters. The molecule has 0 radical (unpaired) electrons. The van der Waals surface area contributed by atoms with E-state index in [1.807, 2.05) is 72.6 Å². The lowest BCUT2D eigenvalue weighted by Gasteiger charge is -2.33. The summed E-state index contributed by atoms with van der Waals surface area (Å²) < 4.78 is 16.1. The molecule has 1 aliphatic rings. The Kier molecular flexibility index (Phi) is 6.33. The maximum atomic E-state index is 14.0. The SMILES string of the molecule is CN(c1ccccc1)c1ccc(C(=O)N2CCC(n3c(-c4ccccn4)nc4cc(F)ccc43)CC2)cc1. The number of aromatic nitrogens is 3. The van der Waals surface area contributed by atoms with Crippen molar-refractivity contribution < 1.29 is 9.18 Å². The first-order chi connectivity index (χ1) is 18.6. The Labute approximate surface area is 221 Å². The second kappa shape index (κ2) is 10.1. The number of hydrogen-bond donors (Lipinski definition) is 0. The third kappa shape index (κ3) is 4.52. The number of fused-ring (bicyclic) bond motifs is 1. The van der Waals surface area contributed by atoms with Gasteiger partial charge in [0.05, 0.1) is 11.0 Å². The standard InChI is InChI=1S/C31H28FN5O/c1-35(24-7-3-2-4-8-24)25-13-10-22(11-14-25)31(38)36-19-16-26(17-20-36)37-29-15-12-23(32)21-28(29)34-30(37)27-9-5-6-18-33-27/h2-15,18,21,26H,16-17,19-20H2,1H3. The van der Waals surface area contributed by atoms with Gasteiger partial charge in [0.25, 0.3) is 5.91 Å². The molecule has 0 spiro atoms. The fourth-order valence-electron chi connectivity index (χ4n) is 5.26. The topological polar surface area (TPSA) is 54.3 Å². The number of carbonyl (C=O) groups excluding carboxylic acids is 1. The van der Waals surface area contributed by atoms with Crippen molar-refractivity contribution in [3.05, 3.63) is 109 Å². The molecule has 1 fully saturated rings. The summed E-state index contributed by atoms with van der Waals surface area (Å²) >= 11 is 0. The largest absolute Gasteiger partial charge is 0.345 e. The van der Waals surface area contributed by atoms with Crippen LogP contribution in [0.5, 0.6) is 0 Å². The van der Waals surface area contributed by atoms with Crippen LogP contribution in [-0.2, 0) is 0 Å². The Morgan fingerprint density at radius 2 is 1.61 bits per heavy atom. The van der Waals surface area contributed by atoms with E-state index in [0.29, 0.717) is 24.2 Å². The summed E-state index contributed by atoms with van der Waals surface area (Å²) in [5.41, 5.74) is 5.06. The molecule has 1 saturated heterocycles. The average molecular weight is 506 g/mol. The summed E-state index contributed by atoms with van der Waals surface area (Å²) in [6, 6.07) is 28.5. The van der Waals surface area contributed by atoms with Crippen LogP contribution in [0.2, 0.25) is 0 Å². The average Bonchev–Trinajstić information content (AvgIpc) is 3.36. The van der Waals surface area contributed by atoms with Crippen LogP contribution in [0.3, 0.4) is 0 Å². The molecule has 1 amide bonds. The summed E-state index contributed by atoms with van der Waals surface area (Å²) in [6.45, 7) is 1.27. The maximum Gasteiger partial charge on any atom is 0.253 e. The Morgan fingerprint density at radius 3 is 2.32 bits per heavy atom. The fourth-order valence-corrected chi connectivity index (χ4v) is 5.26. The molecule has 0 N–H and O–H groups in total. The van der Waals surface area contributed by atoms with Crippen molar-refractivity contribution in [3.8, 4) is 11.5 Å². The number of nitrogens with zero attached hydrogens (tertiary/aromatic N) is 5. The van der Waals surface area contributed by atoms with Gasteiger partial charge in [0, 0.05) is 55.4 Å². The van der Waals surface area contributed by atoms with Crippen molar-refractivity contribution in [2.24, 2.45) is 0 Å². The quantitative estimate of drug-likeness (QED) is 0.274. The molecule has 7 heteroatoms. The highest BCUT2D eigenvalue weighted by Crippen LogP contribution is 2.33. The Hall–Kier alpha value is -4.52. The van der Waals surface area contributed by atoms with E-state index in [0.717, 1.165) is 41.3 Å². The van der Waals surface area contributed by atoms with Crippen LogP contribution in [0.1, 0.15) is 29.2 Å². The zero-order chi connectivity index (χ0) is 26.1. The molecule has 6 nitrogen and oxygen atoms in total. The van der Waals surface area contributed by atoms with E-state index in [9.17, 15) is 9.18 Å². The van der Waals surface area contributed by atoms with Gasteiger partial charge in [-0.2, -0.15) is 0 Å². The molecule has 0 saturated carbocycles. The van der Waals surface area contributed by atoms with E-state index < -0.39 is 0 Å². The minimum absolute atomic E-state index is 0.0415. The number of likely N-dealkylation sites (tertiary alicyclic amines) is 1. The monoisotopic (exact) mass is 505 g/mol. The van der Waals surface area contributed by atoms with E-state index >= 15 is 0 Å². The second-order valence-corrected chi connectivity index (χ2v) is 9.62. The molecule has 190 valence electrons. The van der Waals surface area contributed by atoms with Gasteiger partial charge in [-0.1, -0.05) is 24.3 Å². The predicted molar refractivity (Wildman–Crippen MR) is 148 cm³/mol. The van der Waals surface area contributed by atoms with Gasteiger partial charge in [0.2, 0.25) is 0 Å². The van der Waals surface area contributed by atoms with Crippen LogP contribution < -0.4 is 4.90 Å². The highest BCUT2D eigenvalue weighted by Gasteiger charge is 2.28. The first kappa shape index (κ1) is 23.9. The summed E-state index contributed by atoms with van der Waals surface area (Å²) in [5, 5.41) is 0. The molecule has 38 heavy (non-hydrogen) atoms. The first-order valence-electron chi connectivity index (χ1n) is 12.9. The van der Waals surface area contributed by atoms with E-state index in [1.54, 1.807) is 12.3 Å². The highest BCUT2D eigenvalue weighted by atomic mass is 19.1. The number of halogens is 1. The number of piperidine rings is 1. The van der Waals surface area contributed by atoms with Gasteiger partial charge in [-0.3, -0.25) is 9.78 Å². The molecule has 6 rings (SSSR count). The molecular formula is C31H28FN5O. The number of rotatable bonds is 5. The van der Waals surface area contributed by atoms with Gasteiger partial charge in [-0.25, -0.2) is 9.37 Å². The van der Waals surface area contributed by atoms with Gasteiger partial charge < -0.3 is 14.4 Å². The molecule has 2 aromatic heterocycles. The smallest absolute Gasteiger partial charge is 0.253 e. The minimum Gasteiger partial charge on any atom is -0.345 e. The van der Waals surface area contributed by atoms with Crippen LogP contribution in [0.15, 0.2) is 97.2 Å². The zero-order valence-corrected chi connectivity index (χ0v) is 21.2. The third-order valence-corrected chi connectivity index (χ3v) is 7.31. The number of hydrogen-bond acceptors (Lipinski definition) is 4. The Morgan fingerprint density at radius 1 is 0.895 bits per heavy atom. The molecular weight excluding hydrogens is 477 g/mol. The molecule has 3 heterocycles. The van der Waals surface area contributed by atoms with Crippen LogP contribution in [-0.4, -0.2) is 45.5 Å². The van der Waals surface area contributed by atoms with Gasteiger partial charge in [-0.05, 0) is 73.5 Å². The first-order valence-corrected chi connectivity index (χ1v) is 12.9. The number of carbonyl (C=O) groups is 1. The summed E-state index contributed by atoms with van der Waals surface area (Å²) in [4.78, 5) is 26.6. The van der Waals surface area contributed by atoms with Gasteiger partial charge in [-0.15, -0.1) is 0 Å². The van der Waals surface area contributed by atoms with E-state index in [1.165, 1.54) is 12.1 Å². The van der Waals surface area contributed by atoms with Gasteiger partial charge >= 0.3 is 0 Å². The number of pyridine rings is 1. The van der Waals surface area contributed by atoms with E-state index in [-0.39, 0.29) is 17.8 Å². The molecule has 0 aliphatic carbocycles. The number of para-hydroxylation sites is 1. The lowest BCUT2D eigenvalue weighted by atomic mass is 10.0. The molecule has 0 bridgehead atoms. The van der Waals surface area contributed by atoms with Crippen LogP contribution in [0, 0.1) is 5.82 Å². The van der Waals surface area contributed by atoms with Crippen molar-refractivity contribution in [2.45, 2.75) is 18.9 Å². The number of benzene rings is 3. The molecule has 0 unspecified atom stereocenters. The van der Waals surface area contributed by atoms with E-state index in [2.05, 4.69) is 26.6 Å². The Balaban J connectivity index is 1.19. The van der Waals surface area contributed by atoms with Crippen molar-refractivity contribution >= 4 is 28.3 Å². The van der Waals surface area contributed by atoms with Crippen molar-refractivity contribution in [3.63, 3.8) is 0 Å². The van der Waals surface area contributed by atoms with Gasteiger partial charge in [0.1, 0.15) is 11.5 Å². The predicted octanol–water partition coefficient (Wildman–Crippen LogP) is 6.48. The van der Waals surface area contributed by atoms with Crippen LogP contribution in [0.25, 0.3) is 22.6 Å². The molecule has 1 aliphatic heterocycles. The van der Waals surface area contributed by atoms with E-state index in [4.69, 9.17) is 4.98 Å². The summed E-state index contributed by atoms with van der Waals surface area (Å²) in [5.74, 6) is 0.463. The lowest BCUT2D eigenvalue weighted by Crippen LogP contribution is -2.39. The number of amides is 1. The van der Waals surface area contributed by atoms with Gasteiger partial charge in [0.15, 0.2) is 5.82 Å². The van der Waals surface area contributed by atoms with Crippen molar-refractivity contribution in [1.82, 2.24) is 19.4 Å². The second-order valence-electron chi connectivity index (χ2n) is 9.62. The van der Waals surface area contributed by atoms with Crippen LogP contribution in [0.4, 0.5) is 15.8 Å². The maximum absolute atomic E-state index is 14.0. The minimum atomic E-state index is -0.309. The number of imidazole rings is 1. The highest BCUT2D eigenvalue weighted by molar-refractivity contribution is 5.94. The third-order valence-electron chi connectivity index (χ3n) is 7.31. The van der Waals surface area contributed by atoms with Crippen molar-refractivity contribution in [1.29, 1.82) is 0 Å². The summed E-state index contributed by atoms with van der Waals surface area (Å²) in [6.07, 6.45) is 3.30. The fraction of sp³-hybridized carbons (Fsp3) is 0.194. The lowest BCUT2D eigenvalue weighted by molar-refractivity contribution is 0.0696. The molecule has 5 aromatic rings. The normalized spacial score (nSPS) is 14.1. The summed E-state index contributed by atoms with van der Waals surface area (Å²) in [7, 11) is 2.02. The Bertz CT molecular complexity index is 1560. The van der Waals surface area contributed by atoms with Crippen LogP contribution >= 0.6 is 0 Å². The zero-order valence-electron chi connectivity index (χ0n) is 21.2. The molecule has 3 aromatic carbocycles.